The van der Waals surface area contributed by atoms with Gasteiger partial charge >= 0.3 is 8.60 Å². The molecule has 3 aromatic rings. The molecule has 1 heterocycles. The number of hydrogen-bond acceptors (Lipinski definition) is 8. The third-order valence-corrected chi connectivity index (χ3v) is 7.05. The molecule has 9 heteroatoms. The second-order valence-corrected chi connectivity index (χ2v) is 10.1. The van der Waals surface area contributed by atoms with Gasteiger partial charge in [-0.1, -0.05) is 91.0 Å². The van der Waals surface area contributed by atoms with E-state index in [1.165, 1.54) is 14.2 Å². The Morgan fingerprint density at radius 1 is 0.684 bits per heavy atom. The highest BCUT2D eigenvalue weighted by Gasteiger charge is 2.48. The summed E-state index contributed by atoms with van der Waals surface area (Å²) in [6.45, 7) is 1.07. The fraction of sp³-hybridized carbons (Fsp3) is 0.379. The van der Waals surface area contributed by atoms with Crippen molar-refractivity contribution in [3.8, 4) is 0 Å². The molecular formula is C29H35O8P. The first-order valence-electron chi connectivity index (χ1n) is 12.5. The molecule has 0 aliphatic carbocycles. The quantitative estimate of drug-likeness (QED) is 0.285. The first-order chi connectivity index (χ1) is 18.7. The van der Waals surface area contributed by atoms with Crippen molar-refractivity contribution in [1.82, 2.24) is 0 Å². The van der Waals surface area contributed by atoms with Gasteiger partial charge < -0.3 is 33.1 Å². The minimum Gasteiger partial charge on any atom is -0.387 e. The SMILES string of the molecule is COP(OC)O[C@H]1O[C@H](COCc2ccccc2)[C@@H](O)[C@H](OCc2ccccc2)[C@H]1OCc1ccccc1. The highest BCUT2D eigenvalue weighted by Crippen LogP contribution is 2.42. The minimum absolute atomic E-state index is 0.129. The molecule has 3 aromatic carbocycles. The predicted octanol–water partition coefficient (Wildman–Crippen LogP) is 5.00. The Morgan fingerprint density at radius 2 is 1.16 bits per heavy atom. The second-order valence-electron chi connectivity index (χ2n) is 8.75. The fourth-order valence-electron chi connectivity index (χ4n) is 4.13. The average Bonchev–Trinajstić information content (AvgIpc) is 2.97. The van der Waals surface area contributed by atoms with Crippen LogP contribution in [0.4, 0.5) is 0 Å². The van der Waals surface area contributed by atoms with Crippen molar-refractivity contribution in [3.05, 3.63) is 108 Å². The van der Waals surface area contributed by atoms with E-state index in [0.29, 0.717) is 6.61 Å². The van der Waals surface area contributed by atoms with Crippen molar-refractivity contribution >= 4 is 8.60 Å². The number of benzene rings is 3. The lowest BCUT2D eigenvalue weighted by molar-refractivity contribution is -0.303. The predicted molar refractivity (Wildman–Crippen MR) is 143 cm³/mol. The molecule has 1 aliphatic rings. The molecule has 1 N–H and O–H groups in total. The van der Waals surface area contributed by atoms with E-state index >= 15 is 0 Å². The Bertz CT molecular complexity index is 1040. The van der Waals surface area contributed by atoms with E-state index in [9.17, 15) is 5.11 Å². The van der Waals surface area contributed by atoms with Gasteiger partial charge in [0, 0.05) is 14.2 Å². The summed E-state index contributed by atoms with van der Waals surface area (Å²) in [5.74, 6) is 0. The highest BCUT2D eigenvalue weighted by molar-refractivity contribution is 7.41. The average molecular weight is 543 g/mol. The molecule has 4 rings (SSSR count). The maximum Gasteiger partial charge on any atom is 0.334 e. The zero-order valence-corrected chi connectivity index (χ0v) is 22.5. The Balaban J connectivity index is 1.52. The van der Waals surface area contributed by atoms with Crippen LogP contribution in [-0.4, -0.2) is 56.6 Å². The van der Waals surface area contributed by atoms with E-state index in [1.807, 2.05) is 91.0 Å². The molecule has 1 aliphatic heterocycles. The van der Waals surface area contributed by atoms with Gasteiger partial charge in [-0.3, -0.25) is 4.52 Å². The van der Waals surface area contributed by atoms with Crippen LogP contribution in [0.5, 0.6) is 0 Å². The monoisotopic (exact) mass is 542 g/mol. The van der Waals surface area contributed by atoms with Crippen molar-refractivity contribution in [3.63, 3.8) is 0 Å². The Labute approximate surface area is 225 Å². The lowest BCUT2D eigenvalue weighted by Gasteiger charge is -2.44. The second kappa shape index (κ2) is 15.4. The van der Waals surface area contributed by atoms with Gasteiger partial charge in [-0.25, -0.2) is 0 Å². The van der Waals surface area contributed by atoms with Crippen LogP contribution >= 0.6 is 8.60 Å². The molecule has 1 saturated heterocycles. The van der Waals surface area contributed by atoms with E-state index in [0.717, 1.165) is 16.7 Å². The van der Waals surface area contributed by atoms with E-state index < -0.39 is 39.3 Å². The zero-order valence-electron chi connectivity index (χ0n) is 21.6. The first-order valence-corrected chi connectivity index (χ1v) is 13.6. The van der Waals surface area contributed by atoms with Gasteiger partial charge in [0.05, 0.1) is 26.4 Å². The first kappa shape index (κ1) is 28.8. The van der Waals surface area contributed by atoms with E-state index in [-0.39, 0.29) is 19.8 Å². The highest BCUT2D eigenvalue weighted by atomic mass is 31.2. The Hall–Kier alpha value is -2.23. The molecule has 38 heavy (non-hydrogen) atoms. The van der Waals surface area contributed by atoms with Gasteiger partial charge in [0.15, 0.2) is 6.29 Å². The summed E-state index contributed by atoms with van der Waals surface area (Å²) in [6.07, 6.45) is -4.24. The van der Waals surface area contributed by atoms with Crippen LogP contribution in [-0.2, 0) is 52.3 Å². The molecule has 0 unspecified atom stereocenters. The standard InChI is InChI=1S/C29H35O8P/c1-31-38(32-2)37-29-28(35-20-24-16-10-5-11-17-24)27(34-19-23-14-8-4-9-15-23)26(30)25(36-29)21-33-18-22-12-6-3-7-13-22/h3-17,25-30H,18-21H2,1-2H3/t25-,26-,27+,28-,29-/m1/s1. The van der Waals surface area contributed by atoms with Gasteiger partial charge in [-0.05, 0) is 16.7 Å². The number of hydrogen-bond donors (Lipinski definition) is 1. The summed E-state index contributed by atoms with van der Waals surface area (Å²) in [4.78, 5) is 0. The number of aliphatic hydroxyl groups is 1. The van der Waals surface area contributed by atoms with E-state index in [2.05, 4.69) is 0 Å². The van der Waals surface area contributed by atoms with E-state index in [4.69, 9.17) is 32.5 Å². The van der Waals surface area contributed by atoms with Gasteiger partial charge in [0.2, 0.25) is 0 Å². The van der Waals surface area contributed by atoms with Crippen LogP contribution in [0, 0.1) is 0 Å². The van der Waals surface area contributed by atoms with Gasteiger partial charge in [-0.2, -0.15) is 0 Å². The van der Waals surface area contributed by atoms with E-state index in [1.54, 1.807) is 0 Å². The minimum atomic E-state index is -1.71. The van der Waals surface area contributed by atoms with Gasteiger partial charge in [-0.15, -0.1) is 0 Å². The summed E-state index contributed by atoms with van der Waals surface area (Å²) in [5, 5.41) is 11.4. The molecule has 1 fully saturated rings. The molecule has 0 aromatic heterocycles. The third kappa shape index (κ3) is 8.38. The van der Waals surface area contributed by atoms with Crippen LogP contribution in [0.2, 0.25) is 0 Å². The fourth-order valence-corrected chi connectivity index (χ4v) is 4.79. The topological polar surface area (TPSA) is 84.8 Å². The summed E-state index contributed by atoms with van der Waals surface area (Å²) >= 11 is 0. The molecule has 0 spiro atoms. The summed E-state index contributed by atoms with van der Waals surface area (Å²) in [7, 11) is 1.28. The molecule has 8 nitrogen and oxygen atoms in total. The van der Waals surface area contributed by atoms with Gasteiger partial charge in [0.1, 0.15) is 24.4 Å². The normalized spacial score (nSPS) is 23.5. The number of ether oxygens (including phenoxy) is 4. The zero-order chi connectivity index (χ0) is 26.6. The largest absolute Gasteiger partial charge is 0.387 e. The number of aliphatic hydroxyl groups excluding tert-OH is 1. The maximum absolute atomic E-state index is 11.4. The molecule has 0 bridgehead atoms. The lowest BCUT2D eigenvalue weighted by atomic mass is 9.98. The van der Waals surface area contributed by atoms with Crippen LogP contribution in [0.25, 0.3) is 0 Å². The molecule has 204 valence electrons. The smallest absolute Gasteiger partial charge is 0.334 e. The summed E-state index contributed by atoms with van der Waals surface area (Å²) in [5.41, 5.74) is 2.96. The van der Waals surface area contributed by atoms with Crippen LogP contribution < -0.4 is 0 Å². The maximum atomic E-state index is 11.4. The molecule has 5 atom stereocenters. The Kier molecular flexibility index (Phi) is 11.6. The van der Waals surface area contributed by atoms with Crippen LogP contribution in [0.15, 0.2) is 91.0 Å². The third-order valence-electron chi connectivity index (χ3n) is 6.07. The molecule has 0 radical (unpaired) electrons. The lowest BCUT2D eigenvalue weighted by Crippen LogP contribution is -2.60. The summed E-state index contributed by atoms with van der Waals surface area (Å²) in [6, 6.07) is 29.3. The van der Waals surface area contributed by atoms with Crippen molar-refractivity contribution in [2.75, 3.05) is 20.8 Å². The van der Waals surface area contributed by atoms with Crippen molar-refractivity contribution < 1.29 is 37.6 Å². The van der Waals surface area contributed by atoms with Crippen molar-refractivity contribution in [1.29, 1.82) is 0 Å². The molecule has 0 amide bonds. The van der Waals surface area contributed by atoms with Crippen molar-refractivity contribution in [2.24, 2.45) is 0 Å². The van der Waals surface area contributed by atoms with Gasteiger partial charge in [0.25, 0.3) is 0 Å². The number of rotatable bonds is 14. The van der Waals surface area contributed by atoms with Crippen LogP contribution in [0.1, 0.15) is 16.7 Å². The Morgan fingerprint density at radius 3 is 1.66 bits per heavy atom. The van der Waals surface area contributed by atoms with Crippen LogP contribution in [0.3, 0.4) is 0 Å². The molecule has 0 saturated carbocycles. The van der Waals surface area contributed by atoms with Crippen molar-refractivity contribution in [2.45, 2.75) is 50.5 Å². The summed E-state index contributed by atoms with van der Waals surface area (Å²) < 4.78 is 41.4. The molecular weight excluding hydrogens is 507 g/mol.